The van der Waals surface area contributed by atoms with E-state index in [1.165, 1.54) is 0 Å². The number of nitrogens with one attached hydrogen (secondary N) is 1. The first-order valence-electron chi connectivity index (χ1n) is 6.13. The molecule has 1 rings (SSSR count). The second-order valence-corrected chi connectivity index (χ2v) is 5.58. The Morgan fingerprint density at radius 1 is 1.39 bits per heavy atom. The van der Waals surface area contributed by atoms with E-state index in [0.29, 0.717) is 6.04 Å². The van der Waals surface area contributed by atoms with Gasteiger partial charge in [0.25, 0.3) is 5.69 Å². The fourth-order valence-corrected chi connectivity index (χ4v) is 2.56. The second-order valence-electron chi connectivity index (χ2n) is 4.26. The van der Waals surface area contributed by atoms with Gasteiger partial charge in [-0.3, -0.25) is 10.1 Å². The van der Waals surface area contributed by atoms with Crippen LogP contribution in [-0.2, 0) is 0 Å². The Kier molecular flexibility index (Phi) is 6.15. The summed E-state index contributed by atoms with van der Waals surface area (Å²) >= 11 is 1.87. The van der Waals surface area contributed by atoms with Crippen molar-refractivity contribution in [1.82, 2.24) is 5.32 Å². The normalized spacial score (nSPS) is 14.2. The predicted octanol–water partition coefficient (Wildman–Crippen LogP) is 3.39. The quantitative estimate of drug-likeness (QED) is 0.608. The van der Waals surface area contributed by atoms with Crippen molar-refractivity contribution in [1.29, 1.82) is 0 Å². The molecule has 0 aliphatic carbocycles. The van der Waals surface area contributed by atoms with Crippen molar-refractivity contribution in [3.63, 3.8) is 0 Å². The molecule has 2 atom stereocenters. The van der Waals surface area contributed by atoms with E-state index in [9.17, 15) is 10.1 Å². The van der Waals surface area contributed by atoms with Crippen LogP contribution in [-0.4, -0.2) is 22.5 Å². The molecule has 5 heteroatoms. The summed E-state index contributed by atoms with van der Waals surface area (Å²) in [5.41, 5.74) is 0.934. The summed E-state index contributed by atoms with van der Waals surface area (Å²) in [5, 5.41) is 14.4. The maximum Gasteiger partial charge on any atom is 0.274 e. The number of para-hydroxylation sites is 1. The van der Waals surface area contributed by atoms with Crippen molar-refractivity contribution in [2.24, 2.45) is 0 Å². The topological polar surface area (TPSA) is 55.2 Å². The lowest BCUT2D eigenvalue weighted by Gasteiger charge is -2.19. The SMILES string of the molecule is CCSCC(C)NC(C)c1ccccc1[N+](=O)[O-]. The van der Waals surface area contributed by atoms with E-state index in [1.54, 1.807) is 12.1 Å². The lowest BCUT2D eigenvalue weighted by Crippen LogP contribution is -2.31. The van der Waals surface area contributed by atoms with Gasteiger partial charge in [0.1, 0.15) is 0 Å². The second kappa shape index (κ2) is 7.38. The summed E-state index contributed by atoms with van der Waals surface area (Å²) in [6, 6.07) is 7.23. The van der Waals surface area contributed by atoms with Crippen molar-refractivity contribution in [2.45, 2.75) is 32.9 Å². The molecule has 18 heavy (non-hydrogen) atoms. The van der Waals surface area contributed by atoms with Crippen molar-refractivity contribution in [3.8, 4) is 0 Å². The molecule has 100 valence electrons. The van der Waals surface area contributed by atoms with E-state index < -0.39 is 0 Å². The van der Waals surface area contributed by atoms with Gasteiger partial charge in [-0.25, -0.2) is 0 Å². The highest BCUT2D eigenvalue weighted by atomic mass is 32.2. The summed E-state index contributed by atoms with van der Waals surface area (Å²) in [5.74, 6) is 2.10. The van der Waals surface area contributed by atoms with Gasteiger partial charge >= 0.3 is 0 Å². The van der Waals surface area contributed by atoms with Crippen LogP contribution >= 0.6 is 11.8 Å². The Hall–Kier alpha value is -1.07. The Bertz CT molecular complexity index is 398. The first-order valence-corrected chi connectivity index (χ1v) is 7.28. The van der Waals surface area contributed by atoms with E-state index in [0.717, 1.165) is 17.1 Å². The number of nitro groups is 1. The molecule has 0 amide bonds. The van der Waals surface area contributed by atoms with Crippen LogP contribution in [0.15, 0.2) is 24.3 Å². The molecule has 0 aromatic heterocycles. The fourth-order valence-electron chi connectivity index (χ4n) is 1.88. The van der Waals surface area contributed by atoms with Crippen LogP contribution in [0.1, 0.15) is 32.4 Å². The number of nitrogens with zero attached hydrogens (tertiary/aromatic N) is 1. The molecular weight excluding hydrogens is 248 g/mol. The molecule has 2 unspecified atom stereocenters. The van der Waals surface area contributed by atoms with Crippen LogP contribution in [0.25, 0.3) is 0 Å². The van der Waals surface area contributed by atoms with E-state index in [2.05, 4.69) is 19.2 Å². The van der Waals surface area contributed by atoms with E-state index in [1.807, 2.05) is 30.8 Å². The van der Waals surface area contributed by atoms with Gasteiger partial charge < -0.3 is 5.32 Å². The van der Waals surface area contributed by atoms with E-state index in [-0.39, 0.29) is 16.7 Å². The van der Waals surface area contributed by atoms with Crippen molar-refractivity contribution >= 4 is 17.4 Å². The van der Waals surface area contributed by atoms with Crippen molar-refractivity contribution < 1.29 is 4.92 Å². The molecule has 0 saturated carbocycles. The van der Waals surface area contributed by atoms with Gasteiger partial charge in [0, 0.05) is 29.5 Å². The molecule has 4 nitrogen and oxygen atoms in total. The third-order valence-corrected chi connectivity index (χ3v) is 3.85. The maximum absolute atomic E-state index is 11.0. The summed E-state index contributed by atoms with van der Waals surface area (Å²) in [6.07, 6.45) is 0. The van der Waals surface area contributed by atoms with Crippen LogP contribution in [0.3, 0.4) is 0 Å². The van der Waals surface area contributed by atoms with Crippen LogP contribution < -0.4 is 5.32 Å². The highest BCUT2D eigenvalue weighted by molar-refractivity contribution is 7.99. The number of nitro benzene ring substituents is 1. The highest BCUT2D eigenvalue weighted by Gasteiger charge is 2.18. The molecule has 0 saturated heterocycles. The highest BCUT2D eigenvalue weighted by Crippen LogP contribution is 2.24. The first kappa shape index (κ1) is 15.0. The molecule has 1 aromatic carbocycles. The minimum absolute atomic E-state index is 0.0148. The number of benzene rings is 1. The van der Waals surface area contributed by atoms with Crippen molar-refractivity contribution in [2.75, 3.05) is 11.5 Å². The zero-order valence-corrected chi connectivity index (χ0v) is 11.9. The summed E-state index contributed by atoms with van der Waals surface area (Å²) in [6.45, 7) is 6.20. The number of hydrogen-bond acceptors (Lipinski definition) is 4. The minimum Gasteiger partial charge on any atom is -0.307 e. The fraction of sp³-hybridized carbons (Fsp3) is 0.538. The van der Waals surface area contributed by atoms with Crippen LogP contribution in [0.4, 0.5) is 5.69 Å². The van der Waals surface area contributed by atoms with Gasteiger partial charge in [0.15, 0.2) is 0 Å². The third kappa shape index (κ3) is 4.31. The molecule has 1 N–H and O–H groups in total. The number of hydrogen-bond donors (Lipinski definition) is 1. The van der Waals surface area contributed by atoms with Crippen LogP contribution in [0, 0.1) is 10.1 Å². The Morgan fingerprint density at radius 2 is 2.06 bits per heavy atom. The monoisotopic (exact) mass is 268 g/mol. The molecule has 0 aliphatic heterocycles. The lowest BCUT2D eigenvalue weighted by atomic mass is 10.1. The summed E-state index contributed by atoms with van der Waals surface area (Å²) in [4.78, 5) is 10.6. The molecule has 0 radical (unpaired) electrons. The smallest absolute Gasteiger partial charge is 0.274 e. The predicted molar refractivity (Wildman–Crippen MR) is 77.1 cm³/mol. The number of thioether (sulfide) groups is 1. The largest absolute Gasteiger partial charge is 0.307 e. The van der Waals surface area contributed by atoms with Gasteiger partial charge in [-0.1, -0.05) is 25.1 Å². The molecule has 0 heterocycles. The van der Waals surface area contributed by atoms with Gasteiger partial charge in [0.05, 0.1) is 4.92 Å². The zero-order chi connectivity index (χ0) is 13.5. The Morgan fingerprint density at radius 3 is 2.67 bits per heavy atom. The standard InChI is InChI=1S/C13H20N2O2S/c1-4-18-9-10(2)14-11(3)12-7-5-6-8-13(12)15(16)17/h5-8,10-11,14H,4,9H2,1-3H3. The summed E-state index contributed by atoms with van der Waals surface area (Å²) < 4.78 is 0. The molecule has 1 aromatic rings. The molecule has 0 aliphatic rings. The Labute approximate surface area is 112 Å². The molecular formula is C13H20N2O2S. The van der Waals surface area contributed by atoms with Gasteiger partial charge in [-0.15, -0.1) is 0 Å². The molecule has 0 bridgehead atoms. The average Bonchev–Trinajstić information content (AvgIpc) is 2.36. The minimum atomic E-state index is -0.320. The molecule has 0 fully saturated rings. The van der Waals surface area contributed by atoms with Crippen LogP contribution in [0.5, 0.6) is 0 Å². The van der Waals surface area contributed by atoms with Crippen molar-refractivity contribution in [3.05, 3.63) is 39.9 Å². The summed E-state index contributed by atoms with van der Waals surface area (Å²) in [7, 11) is 0. The Balaban J connectivity index is 2.71. The van der Waals surface area contributed by atoms with Crippen LogP contribution in [0.2, 0.25) is 0 Å². The van der Waals surface area contributed by atoms with Gasteiger partial charge in [-0.2, -0.15) is 11.8 Å². The number of rotatable bonds is 7. The first-order chi connectivity index (χ1) is 8.56. The maximum atomic E-state index is 11.0. The zero-order valence-electron chi connectivity index (χ0n) is 11.1. The van der Waals surface area contributed by atoms with E-state index >= 15 is 0 Å². The van der Waals surface area contributed by atoms with Gasteiger partial charge in [0.2, 0.25) is 0 Å². The van der Waals surface area contributed by atoms with E-state index in [4.69, 9.17) is 0 Å². The molecule has 0 spiro atoms. The lowest BCUT2D eigenvalue weighted by molar-refractivity contribution is -0.385. The average molecular weight is 268 g/mol. The van der Waals surface area contributed by atoms with Gasteiger partial charge in [-0.05, 0) is 19.6 Å². The third-order valence-electron chi connectivity index (χ3n) is 2.71.